The predicted octanol–water partition coefficient (Wildman–Crippen LogP) is 2.14. The molecular weight excluding hydrogens is 378 g/mol. The quantitative estimate of drug-likeness (QED) is 0.690. The number of imidazole rings is 1. The number of nitrogens with zero attached hydrogens (tertiary/aromatic N) is 3. The Morgan fingerprint density at radius 2 is 2.04 bits per heavy atom. The first kappa shape index (κ1) is 19.1. The molecule has 1 aromatic heterocycles. The summed E-state index contributed by atoms with van der Waals surface area (Å²) < 4.78 is 35.3. The van der Waals surface area contributed by atoms with E-state index in [0.717, 1.165) is 12.0 Å². The third kappa shape index (κ3) is 2.95. The maximum atomic E-state index is 13.3. The van der Waals surface area contributed by atoms with Gasteiger partial charge in [-0.2, -0.15) is 4.31 Å². The van der Waals surface area contributed by atoms with Crippen LogP contribution in [-0.2, 0) is 33.0 Å². The maximum Gasteiger partial charge on any atom is 0.314 e. The third-order valence-corrected chi connectivity index (χ3v) is 7.79. The molecule has 4 rings (SSSR count). The number of aromatic nitrogens is 2. The third-order valence-electron chi connectivity index (χ3n) is 5.95. The summed E-state index contributed by atoms with van der Waals surface area (Å²) >= 11 is 0. The summed E-state index contributed by atoms with van der Waals surface area (Å²) in [5.74, 6) is -0.299. The zero-order valence-electron chi connectivity index (χ0n) is 16.1. The van der Waals surface area contributed by atoms with E-state index in [4.69, 9.17) is 4.74 Å². The van der Waals surface area contributed by atoms with Crippen molar-refractivity contribution >= 4 is 16.0 Å². The SMILES string of the molecule is CCOC(=O)[C@@]1(Cc2ccccc2)C[C@H]2CC[C@@H]1N2S(=O)(=O)c1cn(C)cn1. The van der Waals surface area contributed by atoms with Crippen molar-refractivity contribution in [1.29, 1.82) is 0 Å². The van der Waals surface area contributed by atoms with E-state index in [9.17, 15) is 13.2 Å². The molecule has 0 aliphatic carbocycles. The molecule has 2 saturated heterocycles. The normalized spacial score (nSPS) is 27.2. The predicted molar refractivity (Wildman–Crippen MR) is 103 cm³/mol. The second kappa shape index (κ2) is 7.00. The summed E-state index contributed by atoms with van der Waals surface area (Å²) in [7, 11) is -2.03. The zero-order valence-corrected chi connectivity index (χ0v) is 16.9. The minimum Gasteiger partial charge on any atom is -0.466 e. The average Bonchev–Trinajstić information content (AvgIpc) is 3.37. The summed E-state index contributed by atoms with van der Waals surface area (Å²) in [5, 5.41) is 0.0336. The molecule has 0 N–H and O–H groups in total. The minimum absolute atomic E-state index is 0.0336. The van der Waals surface area contributed by atoms with Crippen molar-refractivity contribution in [2.45, 2.75) is 49.7 Å². The second-order valence-corrected chi connectivity index (χ2v) is 9.49. The van der Waals surface area contributed by atoms with Gasteiger partial charge in [0.25, 0.3) is 10.0 Å². The Balaban J connectivity index is 1.74. The Kier molecular flexibility index (Phi) is 4.79. The second-order valence-electron chi connectivity index (χ2n) is 7.70. The number of hydrogen-bond acceptors (Lipinski definition) is 5. The largest absolute Gasteiger partial charge is 0.466 e. The number of hydrogen-bond donors (Lipinski definition) is 0. The summed E-state index contributed by atoms with van der Waals surface area (Å²) in [5.41, 5.74) is 0.153. The van der Waals surface area contributed by atoms with Gasteiger partial charge in [0, 0.05) is 25.3 Å². The van der Waals surface area contributed by atoms with E-state index in [1.54, 1.807) is 18.5 Å². The fourth-order valence-electron chi connectivity index (χ4n) is 4.84. The van der Waals surface area contributed by atoms with Gasteiger partial charge >= 0.3 is 5.97 Å². The van der Waals surface area contributed by atoms with Crippen LogP contribution in [0.25, 0.3) is 0 Å². The molecule has 8 heteroatoms. The molecule has 2 fully saturated rings. The molecule has 28 heavy (non-hydrogen) atoms. The van der Waals surface area contributed by atoms with E-state index in [0.29, 0.717) is 19.3 Å². The van der Waals surface area contributed by atoms with Gasteiger partial charge in [-0.3, -0.25) is 4.79 Å². The van der Waals surface area contributed by atoms with Crippen molar-refractivity contribution in [3.05, 3.63) is 48.4 Å². The van der Waals surface area contributed by atoms with Gasteiger partial charge in [0.05, 0.1) is 18.3 Å². The number of sulfonamides is 1. The Bertz CT molecular complexity index is 972. The first-order valence-corrected chi connectivity index (χ1v) is 11.0. The molecule has 2 aromatic rings. The highest BCUT2D eigenvalue weighted by molar-refractivity contribution is 7.89. The number of esters is 1. The maximum absolute atomic E-state index is 13.3. The lowest BCUT2D eigenvalue weighted by Gasteiger charge is -2.35. The molecular formula is C20H25N3O4S. The van der Waals surface area contributed by atoms with Gasteiger partial charge in [-0.25, -0.2) is 13.4 Å². The molecule has 0 spiro atoms. The smallest absolute Gasteiger partial charge is 0.314 e. The Hall–Kier alpha value is -2.19. The fourth-order valence-corrected chi connectivity index (χ4v) is 6.75. The van der Waals surface area contributed by atoms with Crippen molar-refractivity contribution in [3.63, 3.8) is 0 Å². The van der Waals surface area contributed by atoms with Crippen LogP contribution in [0.2, 0.25) is 0 Å². The van der Waals surface area contributed by atoms with Gasteiger partial charge in [-0.05, 0) is 38.2 Å². The van der Waals surface area contributed by atoms with E-state index in [1.165, 1.54) is 16.8 Å². The number of rotatable bonds is 6. The van der Waals surface area contributed by atoms with Crippen LogP contribution in [0, 0.1) is 5.41 Å². The topological polar surface area (TPSA) is 81.5 Å². The standard InChI is InChI=1S/C20H25N3O4S/c1-3-27-19(24)20(11-15-7-5-4-6-8-15)12-16-9-10-17(20)23(16)28(25,26)18-13-22(2)14-21-18/h4-8,13-14,16-17H,3,9-12H2,1-2H3/t16-,17+,20+/m1/s1. The van der Waals surface area contributed by atoms with E-state index in [-0.39, 0.29) is 23.6 Å². The van der Waals surface area contributed by atoms with Crippen LogP contribution in [0.3, 0.4) is 0 Å². The molecule has 150 valence electrons. The first-order valence-electron chi connectivity index (χ1n) is 9.61. The van der Waals surface area contributed by atoms with Crippen molar-refractivity contribution < 1.29 is 17.9 Å². The summed E-state index contributed by atoms with van der Waals surface area (Å²) in [6.07, 6.45) is 5.36. The van der Waals surface area contributed by atoms with Gasteiger partial charge in [-0.1, -0.05) is 30.3 Å². The number of carbonyl (C=O) groups is 1. The van der Waals surface area contributed by atoms with Crippen LogP contribution in [-0.4, -0.2) is 46.9 Å². The van der Waals surface area contributed by atoms with Crippen molar-refractivity contribution in [3.8, 4) is 0 Å². The number of ether oxygens (including phenoxy) is 1. The molecule has 3 atom stereocenters. The first-order chi connectivity index (χ1) is 13.4. The molecule has 0 saturated carbocycles. The van der Waals surface area contributed by atoms with E-state index < -0.39 is 21.5 Å². The highest BCUT2D eigenvalue weighted by Gasteiger charge is 2.64. The molecule has 3 heterocycles. The van der Waals surface area contributed by atoms with Crippen molar-refractivity contribution in [1.82, 2.24) is 13.9 Å². The Morgan fingerprint density at radius 3 is 2.68 bits per heavy atom. The zero-order chi connectivity index (χ0) is 19.9. The van der Waals surface area contributed by atoms with Crippen molar-refractivity contribution in [2.75, 3.05) is 6.61 Å². The number of aryl methyl sites for hydroxylation is 1. The lowest BCUT2D eigenvalue weighted by atomic mass is 9.70. The Morgan fingerprint density at radius 1 is 1.29 bits per heavy atom. The monoisotopic (exact) mass is 403 g/mol. The van der Waals surface area contributed by atoms with Crippen LogP contribution in [0.4, 0.5) is 0 Å². The highest BCUT2D eigenvalue weighted by Crippen LogP contribution is 2.54. The van der Waals surface area contributed by atoms with Crippen LogP contribution in [0.5, 0.6) is 0 Å². The van der Waals surface area contributed by atoms with Crippen molar-refractivity contribution in [2.24, 2.45) is 12.5 Å². The van der Waals surface area contributed by atoms with E-state index in [2.05, 4.69) is 4.98 Å². The van der Waals surface area contributed by atoms with Crippen LogP contribution < -0.4 is 0 Å². The van der Waals surface area contributed by atoms with Gasteiger partial charge < -0.3 is 9.30 Å². The Labute approximate surface area is 165 Å². The summed E-state index contributed by atoms with van der Waals surface area (Å²) in [6.45, 7) is 2.06. The molecule has 2 aliphatic rings. The molecule has 1 aromatic carbocycles. The fraction of sp³-hybridized carbons (Fsp3) is 0.500. The van der Waals surface area contributed by atoms with Gasteiger partial charge in [0.1, 0.15) is 0 Å². The van der Waals surface area contributed by atoms with Crippen LogP contribution in [0.15, 0.2) is 47.9 Å². The lowest BCUT2D eigenvalue weighted by molar-refractivity contribution is -0.157. The van der Waals surface area contributed by atoms with Crippen LogP contribution >= 0.6 is 0 Å². The number of benzene rings is 1. The molecule has 2 bridgehead atoms. The van der Waals surface area contributed by atoms with Crippen LogP contribution in [0.1, 0.15) is 31.7 Å². The molecule has 7 nitrogen and oxygen atoms in total. The average molecular weight is 404 g/mol. The van der Waals surface area contributed by atoms with Gasteiger partial charge in [0.15, 0.2) is 5.03 Å². The lowest BCUT2D eigenvalue weighted by Crippen LogP contribution is -2.47. The molecule has 2 aliphatic heterocycles. The van der Waals surface area contributed by atoms with Gasteiger partial charge in [0.2, 0.25) is 0 Å². The molecule has 0 radical (unpaired) electrons. The minimum atomic E-state index is -3.77. The summed E-state index contributed by atoms with van der Waals surface area (Å²) in [6, 6.07) is 9.14. The van der Waals surface area contributed by atoms with E-state index in [1.807, 2.05) is 30.3 Å². The number of carbonyl (C=O) groups excluding carboxylic acids is 1. The van der Waals surface area contributed by atoms with Gasteiger partial charge in [-0.15, -0.1) is 0 Å². The van der Waals surface area contributed by atoms with E-state index >= 15 is 0 Å². The molecule has 0 unspecified atom stereocenters. The highest BCUT2D eigenvalue weighted by atomic mass is 32.2. The number of fused-ring (bicyclic) bond motifs is 2. The molecule has 0 amide bonds. The summed E-state index contributed by atoms with van der Waals surface area (Å²) in [4.78, 5) is 17.2.